The average Bonchev–Trinajstić information content (AvgIpc) is 2.77. The number of hydrogen-bond donors (Lipinski definition) is 2. The summed E-state index contributed by atoms with van der Waals surface area (Å²) in [6, 6.07) is 0. The van der Waals surface area contributed by atoms with Gasteiger partial charge < -0.3 is 19.8 Å². The molecule has 0 saturated carbocycles. The number of carboxylic acid groups (broad SMARTS) is 1. The molecule has 1 aliphatic heterocycles. The van der Waals surface area contributed by atoms with E-state index < -0.39 is 18.2 Å². The van der Waals surface area contributed by atoms with E-state index in [4.69, 9.17) is 14.9 Å². The van der Waals surface area contributed by atoms with Crippen LogP contribution in [0, 0.1) is 0 Å². The number of aliphatic hydroxyl groups excluding tert-OH is 1. The highest BCUT2D eigenvalue weighted by molar-refractivity contribution is 5.82. The minimum Gasteiger partial charge on any atom is -0.479 e. The number of nitrogens with zero attached hydrogens (tertiary/aromatic N) is 1. The quantitative estimate of drug-likeness (QED) is 0.679. The van der Waals surface area contributed by atoms with E-state index in [1.54, 1.807) is 0 Å². The summed E-state index contributed by atoms with van der Waals surface area (Å²) in [4.78, 5) is 24.2. The largest absolute Gasteiger partial charge is 0.479 e. The summed E-state index contributed by atoms with van der Waals surface area (Å²) in [5.74, 6) is -1.24. The number of aliphatic carboxylic acids is 1. The molecule has 1 heterocycles. The fraction of sp³-hybridized carbons (Fsp3) is 0.818. The van der Waals surface area contributed by atoms with Crippen molar-refractivity contribution in [1.82, 2.24) is 4.90 Å². The lowest BCUT2D eigenvalue weighted by atomic mass is 10.2. The van der Waals surface area contributed by atoms with Crippen molar-refractivity contribution >= 4 is 11.9 Å². The van der Waals surface area contributed by atoms with Gasteiger partial charge in [0.1, 0.15) is 6.10 Å². The maximum Gasteiger partial charge on any atom is 0.332 e. The van der Waals surface area contributed by atoms with Crippen molar-refractivity contribution in [3.05, 3.63) is 0 Å². The van der Waals surface area contributed by atoms with Crippen molar-refractivity contribution < 1.29 is 24.5 Å². The zero-order valence-corrected chi connectivity index (χ0v) is 9.96. The Bertz CT molecular complexity index is 275. The van der Waals surface area contributed by atoms with E-state index in [2.05, 4.69) is 0 Å². The summed E-state index contributed by atoms with van der Waals surface area (Å²) in [6.45, 7) is 2.66. The van der Waals surface area contributed by atoms with Crippen molar-refractivity contribution in [3.8, 4) is 0 Å². The number of aliphatic hydroxyl groups is 1. The lowest BCUT2D eigenvalue weighted by molar-refractivity contribution is -0.155. The SMILES string of the molecule is CCCN(CCO)C(=O)[C@@H]1CC[C@H](C(=O)O)O1. The zero-order valence-electron chi connectivity index (χ0n) is 9.96. The Morgan fingerprint density at radius 1 is 1.29 bits per heavy atom. The lowest BCUT2D eigenvalue weighted by Crippen LogP contribution is -2.41. The first kappa shape index (κ1) is 13.9. The third-order valence-electron chi connectivity index (χ3n) is 2.75. The van der Waals surface area contributed by atoms with Crippen molar-refractivity contribution in [1.29, 1.82) is 0 Å². The first-order chi connectivity index (χ1) is 8.10. The summed E-state index contributed by atoms with van der Waals surface area (Å²) < 4.78 is 5.19. The molecule has 6 heteroatoms. The number of carboxylic acids is 1. The Hall–Kier alpha value is -1.14. The predicted octanol–water partition coefficient (Wildman–Crippen LogP) is -0.151. The molecule has 1 amide bonds. The Kier molecular flexibility index (Phi) is 5.37. The smallest absolute Gasteiger partial charge is 0.332 e. The molecule has 0 unspecified atom stereocenters. The molecule has 0 aromatic heterocycles. The Morgan fingerprint density at radius 2 is 1.94 bits per heavy atom. The fourth-order valence-electron chi connectivity index (χ4n) is 1.93. The van der Waals surface area contributed by atoms with Crippen LogP contribution in [0.4, 0.5) is 0 Å². The lowest BCUT2D eigenvalue weighted by Gasteiger charge is -2.24. The van der Waals surface area contributed by atoms with Gasteiger partial charge in [0, 0.05) is 13.1 Å². The third-order valence-corrected chi connectivity index (χ3v) is 2.75. The van der Waals surface area contributed by atoms with E-state index >= 15 is 0 Å². The second-order valence-corrected chi connectivity index (χ2v) is 4.08. The maximum absolute atomic E-state index is 12.0. The van der Waals surface area contributed by atoms with Gasteiger partial charge in [-0.2, -0.15) is 0 Å². The normalized spacial score (nSPS) is 23.6. The standard InChI is InChI=1S/C11H19NO5/c1-2-5-12(6-7-13)10(14)8-3-4-9(17-8)11(15)16/h8-9,13H,2-7H2,1H3,(H,15,16)/t8-,9+/m0/s1. The molecule has 0 aliphatic carbocycles. The van der Waals surface area contributed by atoms with Crippen LogP contribution in [0.25, 0.3) is 0 Å². The molecule has 2 N–H and O–H groups in total. The monoisotopic (exact) mass is 245 g/mol. The average molecular weight is 245 g/mol. The van der Waals surface area contributed by atoms with Crippen molar-refractivity contribution in [2.75, 3.05) is 19.7 Å². The first-order valence-electron chi connectivity index (χ1n) is 5.88. The second kappa shape index (κ2) is 6.56. The highest BCUT2D eigenvalue weighted by Crippen LogP contribution is 2.21. The van der Waals surface area contributed by atoms with Crippen molar-refractivity contribution in [2.24, 2.45) is 0 Å². The highest BCUT2D eigenvalue weighted by atomic mass is 16.5. The van der Waals surface area contributed by atoms with Crippen LogP contribution in [0.3, 0.4) is 0 Å². The molecule has 0 bridgehead atoms. The Morgan fingerprint density at radius 3 is 2.41 bits per heavy atom. The highest BCUT2D eigenvalue weighted by Gasteiger charge is 2.36. The molecule has 0 aromatic rings. The molecule has 1 rings (SSSR count). The first-order valence-corrected chi connectivity index (χ1v) is 5.88. The number of rotatable bonds is 6. The van der Waals surface area contributed by atoms with Crippen LogP contribution in [0.5, 0.6) is 0 Å². The predicted molar refractivity (Wildman–Crippen MR) is 59.5 cm³/mol. The second-order valence-electron chi connectivity index (χ2n) is 4.08. The van der Waals surface area contributed by atoms with Crippen LogP contribution in [0.2, 0.25) is 0 Å². The van der Waals surface area contributed by atoms with Gasteiger partial charge in [-0.3, -0.25) is 4.79 Å². The van der Waals surface area contributed by atoms with Gasteiger partial charge in [-0.05, 0) is 19.3 Å². The van der Waals surface area contributed by atoms with Crippen LogP contribution >= 0.6 is 0 Å². The fourth-order valence-corrected chi connectivity index (χ4v) is 1.93. The van der Waals surface area contributed by atoms with Gasteiger partial charge in [0.15, 0.2) is 6.10 Å². The zero-order chi connectivity index (χ0) is 12.8. The summed E-state index contributed by atoms with van der Waals surface area (Å²) in [7, 11) is 0. The van der Waals surface area contributed by atoms with Gasteiger partial charge in [0.05, 0.1) is 6.61 Å². The van der Waals surface area contributed by atoms with E-state index in [-0.39, 0.29) is 19.1 Å². The molecule has 0 spiro atoms. The number of amides is 1. The van der Waals surface area contributed by atoms with Gasteiger partial charge in [-0.15, -0.1) is 0 Å². The van der Waals surface area contributed by atoms with Crippen LogP contribution in [-0.2, 0) is 14.3 Å². The van der Waals surface area contributed by atoms with Gasteiger partial charge >= 0.3 is 5.97 Å². The molecule has 17 heavy (non-hydrogen) atoms. The molecule has 1 saturated heterocycles. The number of carbonyl (C=O) groups is 2. The van der Waals surface area contributed by atoms with Crippen LogP contribution in [0.1, 0.15) is 26.2 Å². The molecular formula is C11H19NO5. The van der Waals surface area contributed by atoms with Crippen LogP contribution in [-0.4, -0.2) is 58.9 Å². The van der Waals surface area contributed by atoms with E-state index in [9.17, 15) is 9.59 Å². The minimum absolute atomic E-state index is 0.0964. The maximum atomic E-state index is 12.0. The van der Waals surface area contributed by atoms with Crippen LogP contribution < -0.4 is 0 Å². The molecule has 2 atom stereocenters. The molecule has 0 radical (unpaired) electrons. The van der Waals surface area contributed by atoms with E-state index in [0.29, 0.717) is 19.4 Å². The van der Waals surface area contributed by atoms with Crippen molar-refractivity contribution in [2.45, 2.75) is 38.4 Å². The molecule has 6 nitrogen and oxygen atoms in total. The van der Waals surface area contributed by atoms with Gasteiger partial charge in [0.25, 0.3) is 5.91 Å². The Labute approximate surface area is 100 Å². The molecule has 1 aliphatic rings. The van der Waals surface area contributed by atoms with Gasteiger partial charge in [-0.1, -0.05) is 6.92 Å². The number of carbonyl (C=O) groups excluding carboxylic acids is 1. The van der Waals surface area contributed by atoms with E-state index in [0.717, 1.165) is 6.42 Å². The minimum atomic E-state index is -1.02. The van der Waals surface area contributed by atoms with Gasteiger partial charge in [0.2, 0.25) is 0 Å². The summed E-state index contributed by atoms with van der Waals surface area (Å²) >= 11 is 0. The molecule has 98 valence electrons. The third kappa shape index (κ3) is 3.67. The van der Waals surface area contributed by atoms with Gasteiger partial charge in [-0.25, -0.2) is 4.79 Å². The van der Waals surface area contributed by atoms with E-state index in [1.165, 1.54) is 4.90 Å². The number of hydrogen-bond acceptors (Lipinski definition) is 4. The van der Waals surface area contributed by atoms with Crippen LogP contribution in [0.15, 0.2) is 0 Å². The summed E-state index contributed by atoms with van der Waals surface area (Å²) in [6.07, 6.45) is 0.0448. The molecular weight excluding hydrogens is 226 g/mol. The summed E-state index contributed by atoms with van der Waals surface area (Å²) in [5.41, 5.74) is 0. The number of ether oxygens (including phenoxy) is 1. The van der Waals surface area contributed by atoms with Crippen molar-refractivity contribution in [3.63, 3.8) is 0 Å². The topological polar surface area (TPSA) is 87.1 Å². The molecule has 0 aromatic carbocycles. The molecule has 1 fully saturated rings. The summed E-state index contributed by atoms with van der Waals surface area (Å²) in [5, 5.41) is 17.6. The Balaban J connectivity index is 2.54. The van der Waals surface area contributed by atoms with E-state index in [1.807, 2.05) is 6.92 Å².